The van der Waals surface area contributed by atoms with E-state index in [1.165, 1.54) is 6.92 Å². The van der Waals surface area contributed by atoms with Crippen molar-refractivity contribution in [3.8, 4) is 0 Å². The van der Waals surface area contributed by atoms with Gasteiger partial charge in [-0.15, -0.1) is 0 Å². The maximum absolute atomic E-state index is 12.5. The van der Waals surface area contributed by atoms with E-state index in [0.29, 0.717) is 0 Å². The van der Waals surface area contributed by atoms with Crippen molar-refractivity contribution in [2.24, 2.45) is 0 Å². The van der Waals surface area contributed by atoms with E-state index in [1.54, 1.807) is 0 Å². The summed E-state index contributed by atoms with van der Waals surface area (Å²) in [6, 6.07) is -1.67. The van der Waals surface area contributed by atoms with Crippen LogP contribution in [0.4, 0.5) is 0 Å². The summed E-state index contributed by atoms with van der Waals surface area (Å²) in [6.07, 6.45) is -42.8. The maximum Gasteiger partial charge on any atom is 0.217 e. The van der Waals surface area contributed by atoms with E-state index in [-0.39, 0.29) is 0 Å². The third kappa shape index (κ3) is 9.75. The fourth-order valence-corrected chi connectivity index (χ4v) is 7.37. The van der Waals surface area contributed by atoms with Gasteiger partial charge in [-0.25, -0.2) is 0 Å². The number of carbonyl (C=O) groups excluding carboxylic acids is 1. The van der Waals surface area contributed by atoms with Crippen LogP contribution in [-0.2, 0) is 47.4 Å². The summed E-state index contributed by atoms with van der Waals surface area (Å²) in [4.78, 5) is 12.5. The number of rotatable bonds is 13. The van der Waals surface area contributed by atoms with E-state index in [9.17, 15) is 81.4 Å². The molecule has 0 aromatic rings. The largest absolute Gasteiger partial charge is 0.394 e. The second-order valence-electron chi connectivity index (χ2n) is 14.7. The Balaban J connectivity index is 1.37. The third-order valence-corrected chi connectivity index (χ3v) is 10.7. The van der Waals surface area contributed by atoms with E-state index >= 15 is 0 Å². The van der Waals surface area contributed by atoms with Crippen molar-refractivity contribution >= 4 is 5.91 Å². The molecule has 5 saturated heterocycles. The predicted octanol–water partition coefficient (Wildman–Crippen LogP) is -10.8. The lowest BCUT2D eigenvalue weighted by Crippen LogP contribution is -2.70. The lowest BCUT2D eigenvalue weighted by atomic mass is 9.94. The Morgan fingerprint density at radius 1 is 0.448 bits per heavy atom. The second-order valence-corrected chi connectivity index (χ2v) is 14.7. The Kier molecular flexibility index (Phi) is 16.5. The van der Waals surface area contributed by atoms with Crippen LogP contribution in [0.1, 0.15) is 13.8 Å². The normalized spacial score (nSPS) is 51.6. The highest BCUT2D eigenvalue weighted by molar-refractivity contribution is 5.73. The highest BCUT2D eigenvalue weighted by atomic mass is 16.8. The zero-order valence-corrected chi connectivity index (χ0v) is 31.1. The van der Waals surface area contributed by atoms with Gasteiger partial charge >= 0.3 is 0 Å². The molecular weight excluding hydrogens is 798 g/mol. The average Bonchev–Trinajstić information content (AvgIpc) is 3.19. The van der Waals surface area contributed by atoms with Gasteiger partial charge in [0.05, 0.1) is 32.5 Å². The summed E-state index contributed by atoms with van der Waals surface area (Å²) in [5, 5.41) is 160. The first-order valence-electron chi connectivity index (χ1n) is 18.5. The first-order valence-corrected chi connectivity index (χ1v) is 18.5. The van der Waals surface area contributed by atoms with Gasteiger partial charge in [-0.05, 0) is 6.92 Å². The summed E-state index contributed by atoms with van der Waals surface area (Å²) < 4.78 is 50.4. The molecule has 26 nitrogen and oxygen atoms in total. The van der Waals surface area contributed by atoms with Gasteiger partial charge < -0.3 is 125 Å². The van der Waals surface area contributed by atoms with Crippen LogP contribution in [0.15, 0.2) is 0 Å². The van der Waals surface area contributed by atoms with Crippen molar-refractivity contribution in [3.63, 3.8) is 0 Å². The van der Waals surface area contributed by atoms with Crippen LogP contribution >= 0.6 is 0 Å². The lowest BCUT2D eigenvalue weighted by Gasteiger charge is -2.50. The highest BCUT2D eigenvalue weighted by Crippen LogP contribution is 2.35. The number of hydrogen-bond acceptors (Lipinski definition) is 25. The van der Waals surface area contributed by atoms with Gasteiger partial charge in [-0.3, -0.25) is 4.79 Å². The van der Waals surface area contributed by atoms with Crippen LogP contribution in [0.2, 0.25) is 0 Å². The van der Waals surface area contributed by atoms with Crippen molar-refractivity contribution in [2.75, 3.05) is 26.4 Å². The zero-order chi connectivity index (χ0) is 42.9. The Hall–Kier alpha value is -1.49. The molecule has 25 atom stereocenters. The molecule has 0 spiro atoms. The quantitative estimate of drug-likeness (QED) is 0.0818. The van der Waals surface area contributed by atoms with Gasteiger partial charge in [0.1, 0.15) is 116 Å². The molecule has 5 rings (SSSR count). The molecule has 5 fully saturated rings. The monoisotopic (exact) mass is 853 g/mol. The molecule has 0 unspecified atom stereocenters. The molecule has 338 valence electrons. The van der Waals surface area contributed by atoms with E-state index in [2.05, 4.69) is 5.32 Å². The molecule has 1 amide bonds. The third-order valence-electron chi connectivity index (χ3n) is 10.7. The van der Waals surface area contributed by atoms with Gasteiger partial charge in [-0.1, -0.05) is 0 Å². The maximum atomic E-state index is 12.5. The van der Waals surface area contributed by atoms with Gasteiger partial charge in [-0.2, -0.15) is 0 Å². The van der Waals surface area contributed by atoms with Crippen LogP contribution in [0.5, 0.6) is 0 Å². The van der Waals surface area contributed by atoms with Crippen molar-refractivity contribution in [1.82, 2.24) is 5.32 Å². The molecule has 5 aliphatic rings. The van der Waals surface area contributed by atoms with Gasteiger partial charge in [0.25, 0.3) is 0 Å². The number of ether oxygens (including phenoxy) is 9. The summed E-state index contributed by atoms with van der Waals surface area (Å²) in [6.45, 7) is -1.29. The van der Waals surface area contributed by atoms with Crippen molar-refractivity contribution in [1.29, 1.82) is 0 Å². The van der Waals surface area contributed by atoms with E-state index in [1.807, 2.05) is 0 Å². The Labute approximate surface area is 329 Å². The second kappa shape index (κ2) is 20.1. The zero-order valence-electron chi connectivity index (χ0n) is 31.1. The lowest BCUT2D eigenvalue weighted by molar-refractivity contribution is -0.384. The molecule has 0 radical (unpaired) electrons. The van der Waals surface area contributed by atoms with Crippen LogP contribution in [0, 0.1) is 0 Å². The number of amides is 1. The number of aliphatic hydroxyl groups is 15. The van der Waals surface area contributed by atoms with Gasteiger partial charge in [0, 0.05) is 6.92 Å². The smallest absolute Gasteiger partial charge is 0.217 e. The van der Waals surface area contributed by atoms with Crippen molar-refractivity contribution in [2.45, 2.75) is 167 Å². The van der Waals surface area contributed by atoms with Crippen LogP contribution in [-0.4, -0.2) is 262 Å². The number of nitrogens with one attached hydrogen (secondary N) is 1. The Morgan fingerprint density at radius 2 is 0.862 bits per heavy atom. The molecule has 0 aliphatic carbocycles. The molecule has 5 heterocycles. The topological polar surface area (TPSA) is 416 Å². The Bertz CT molecular complexity index is 1300. The molecule has 58 heavy (non-hydrogen) atoms. The SMILES string of the molecule is CC(=O)N[C@H]1[C@H](O[C@@H]2[C@H](O)[C@@H](O)[C@H](O[C@H]3[C@H](O)[C@@H](O)[C@H](O)O[C@@H]3CO)O[C@@H]2CO)O[C@H](CO)[C@H](O)[C@@H]1O[C@@H]1O[C@H](CO)[C@H](O)[C@H](O[C@@H]2O[C@@H](C)[C@@H](O)[C@@H](O)[C@@H]2O)[C@H]1O. The standard InChI is InChI=1S/C32H55NO25/c1-7-14(39)17(42)21(46)30(50-7)58-27-16(41)10(4-35)53-32(23(27)48)57-26-13(33-8(2)38)29(52-9(3-34)15(26)40)55-25-12(6-37)54-31(22(47)19(25)44)56-24-11(5-36)51-28(49)20(45)18(24)43/h7,9-32,34-37,39-49H,3-6H2,1-2H3,(H,33,38)/t7-,9+,10+,11+,12+,13+,14+,15-,16-,17+,18+,19+,20+,21-,22+,23+,24+,25-,26+,27-,28+,29-,30-,31-,32-/m0/s1. The Morgan fingerprint density at radius 3 is 1.43 bits per heavy atom. The van der Waals surface area contributed by atoms with Gasteiger partial charge in [0.15, 0.2) is 31.5 Å². The highest BCUT2D eigenvalue weighted by Gasteiger charge is 2.57. The molecule has 0 aromatic carbocycles. The minimum Gasteiger partial charge on any atom is -0.394 e. The molecular formula is C32H55NO25. The predicted molar refractivity (Wildman–Crippen MR) is 177 cm³/mol. The van der Waals surface area contributed by atoms with Gasteiger partial charge in [0.2, 0.25) is 5.91 Å². The van der Waals surface area contributed by atoms with E-state index in [0.717, 1.165) is 6.92 Å². The summed E-state index contributed by atoms with van der Waals surface area (Å²) in [7, 11) is 0. The minimum absolute atomic E-state index is 0.801. The van der Waals surface area contributed by atoms with Crippen LogP contribution in [0.3, 0.4) is 0 Å². The van der Waals surface area contributed by atoms with E-state index in [4.69, 9.17) is 42.6 Å². The van der Waals surface area contributed by atoms with Crippen molar-refractivity contribution in [3.05, 3.63) is 0 Å². The molecule has 0 saturated carbocycles. The molecule has 16 N–H and O–H groups in total. The summed E-state index contributed by atoms with van der Waals surface area (Å²) in [5.74, 6) is -0.801. The fraction of sp³-hybridized carbons (Fsp3) is 0.969. The average molecular weight is 854 g/mol. The number of carbonyl (C=O) groups is 1. The molecule has 26 heteroatoms. The van der Waals surface area contributed by atoms with Crippen molar-refractivity contribution < 1.29 is 124 Å². The molecule has 0 bridgehead atoms. The van der Waals surface area contributed by atoms with Crippen LogP contribution < -0.4 is 5.32 Å². The molecule has 5 aliphatic heterocycles. The molecule has 0 aromatic heterocycles. The number of aliphatic hydroxyl groups excluding tert-OH is 15. The number of hydrogen-bond donors (Lipinski definition) is 16. The minimum atomic E-state index is -2.08. The first kappa shape index (κ1) is 47.6. The van der Waals surface area contributed by atoms with E-state index < -0.39 is 186 Å². The van der Waals surface area contributed by atoms with Crippen LogP contribution in [0.25, 0.3) is 0 Å². The fourth-order valence-electron chi connectivity index (χ4n) is 7.37. The summed E-state index contributed by atoms with van der Waals surface area (Å²) >= 11 is 0. The summed E-state index contributed by atoms with van der Waals surface area (Å²) in [5.41, 5.74) is 0. The first-order chi connectivity index (χ1) is 27.4.